The van der Waals surface area contributed by atoms with E-state index in [0.717, 1.165) is 5.69 Å². The SMILES string of the molecule is CC(c1nc(CCl)cs1)N1CCCC(C)(C)CC1. The maximum absolute atomic E-state index is 5.82. The zero-order valence-corrected chi connectivity index (χ0v) is 13.2. The van der Waals surface area contributed by atoms with Crippen molar-refractivity contribution < 1.29 is 0 Å². The predicted molar refractivity (Wildman–Crippen MR) is 79.3 cm³/mol. The highest BCUT2D eigenvalue weighted by Gasteiger charge is 2.26. The fraction of sp³-hybridized carbons (Fsp3) is 0.786. The summed E-state index contributed by atoms with van der Waals surface area (Å²) in [7, 11) is 0. The molecule has 0 aliphatic carbocycles. The maximum atomic E-state index is 5.82. The Morgan fingerprint density at radius 2 is 2.22 bits per heavy atom. The molecule has 0 saturated carbocycles. The van der Waals surface area contributed by atoms with Crippen LogP contribution in [0.2, 0.25) is 0 Å². The van der Waals surface area contributed by atoms with Crippen LogP contribution in [0.4, 0.5) is 0 Å². The Balaban J connectivity index is 2.02. The van der Waals surface area contributed by atoms with Crippen LogP contribution in [0.1, 0.15) is 56.8 Å². The molecule has 2 nitrogen and oxygen atoms in total. The Labute approximate surface area is 119 Å². The van der Waals surface area contributed by atoms with Crippen molar-refractivity contribution in [2.45, 2.75) is 52.0 Å². The van der Waals surface area contributed by atoms with Crippen molar-refractivity contribution >= 4 is 22.9 Å². The summed E-state index contributed by atoms with van der Waals surface area (Å²) >= 11 is 7.57. The van der Waals surface area contributed by atoms with Gasteiger partial charge in [-0.15, -0.1) is 22.9 Å². The van der Waals surface area contributed by atoms with Crippen molar-refractivity contribution in [2.75, 3.05) is 13.1 Å². The van der Waals surface area contributed by atoms with E-state index in [0.29, 0.717) is 17.3 Å². The van der Waals surface area contributed by atoms with Gasteiger partial charge in [-0.3, -0.25) is 4.90 Å². The fourth-order valence-corrected chi connectivity index (χ4v) is 3.70. The molecule has 1 saturated heterocycles. The third-order valence-corrected chi connectivity index (χ3v) is 5.32. The molecule has 1 unspecified atom stereocenters. The average Bonchev–Trinajstić information content (AvgIpc) is 2.74. The smallest absolute Gasteiger partial charge is 0.110 e. The van der Waals surface area contributed by atoms with E-state index in [-0.39, 0.29) is 0 Å². The van der Waals surface area contributed by atoms with E-state index in [2.05, 4.69) is 36.0 Å². The zero-order chi connectivity index (χ0) is 13.2. The first kappa shape index (κ1) is 14.3. The van der Waals surface area contributed by atoms with E-state index in [4.69, 9.17) is 11.6 Å². The van der Waals surface area contributed by atoms with Crippen LogP contribution in [0.25, 0.3) is 0 Å². The molecule has 2 rings (SSSR count). The summed E-state index contributed by atoms with van der Waals surface area (Å²) in [4.78, 5) is 7.19. The molecule has 0 N–H and O–H groups in total. The lowest BCUT2D eigenvalue weighted by molar-refractivity contribution is 0.208. The highest BCUT2D eigenvalue weighted by Crippen LogP contribution is 2.33. The summed E-state index contributed by atoms with van der Waals surface area (Å²) in [6.07, 6.45) is 3.91. The van der Waals surface area contributed by atoms with Crippen LogP contribution in [0, 0.1) is 5.41 Å². The van der Waals surface area contributed by atoms with Gasteiger partial charge in [0.2, 0.25) is 0 Å². The highest BCUT2D eigenvalue weighted by molar-refractivity contribution is 7.09. The molecule has 18 heavy (non-hydrogen) atoms. The predicted octanol–water partition coefficient (Wildman–Crippen LogP) is 4.46. The standard InChI is InChI=1S/C14H23ClN2S/c1-11(13-16-12(9-15)10-18-13)17-7-4-5-14(2,3)6-8-17/h10-11H,4-9H2,1-3H3. The van der Waals surface area contributed by atoms with Crippen molar-refractivity contribution in [3.05, 3.63) is 16.1 Å². The van der Waals surface area contributed by atoms with Crippen LogP contribution >= 0.6 is 22.9 Å². The lowest BCUT2D eigenvalue weighted by Crippen LogP contribution is -2.28. The maximum Gasteiger partial charge on any atom is 0.110 e. The highest BCUT2D eigenvalue weighted by atomic mass is 35.5. The van der Waals surface area contributed by atoms with Crippen LogP contribution in [0.3, 0.4) is 0 Å². The number of hydrogen-bond donors (Lipinski definition) is 0. The van der Waals surface area contributed by atoms with Gasteiger partial charge in [0.15, 0.2) is 0 Å². The lowest BCUT2D eigenvalue weighted by atomic mass is 9.85. The molecular weight excluding hydrogens is 264 g/mol. The van der Waals surface area contributed by atoms with Gasteiger partial charge in [0, 0.05) is 5.38 Å². The number of nitrogens with zero attached hydrogens (tertiary/aromatic N) is 2. The lowest BCUT2D eigenvalue weighted by Gasteiger charge is -2.27. The molecule has 1 aromatic heterocycles. The largest absolute Gasteiger partial charge is 0.294 e. The summed E-state index contributed by atoms with van der Waals surface area (Å²) < 4.78 is 0. The van der Waals surface area contributed by atoms with Crippen LogP contribution in [-0.4, -0.2) is 23.0 Å². The van der Waals surface area contributed by atoms with E-state index in [1.807, 2.05) is 0 Å². The Morgan fingerprint density at radius 1 is 1.44 bits per heavy atom. The molecule has 102 valence electrons. The van der Waals surface area contributed by atoms with Gasteiger partial charge in [-0.05, 0) is 44.7 Å². The van der Waals surface area contributed by atoms with Crippen LogP contribution in [0.15, 0.2) is 5.38 Å². The van der Waals surface area contributed by atoms with Gasteiger partial charge in [0.1, 0.15) is 5.01 Å². The van der Waals surface area contributed by atoms with Crippen LogP contribution < -0.4 is 0 Å². The minimum absolute atomic E-state index is 0.431. The number of hydrogen-bond acceptors (Lipinski definition) is 3. The number of thiazole rings is 1. The van der Waals surface area contributed by atoms with Crippen molar-refractivity contribution in [3.63, 3.8) is 0 Å². The van der Waals surface area contributed by atoms with Gasteiger partial charge < -0.3 is 0 Å². The van der Waals surface area contributed by atoms with Crippen molar-refractivity contribution in [3.8, 4) is 0 Å². The number of halogens is 1. The third-order valence-electron chi connectivity index (χ3n) is 3.99. The van der Waals surface area contributed by atoms with Crippen molar-refractivity contribution in [1.82, 2.24) is 9.88 Å². The van der Waals surface area contributed by atoms with Gasteiger partial charge in [-0.25, -0.2) is 4.98 Å². The topological polar surface area (TPSA) is 16.1 Å². The second-order valence-corrected chi connectivity index (χ2v) is 7.20. The molecule has 1 fully saturated rings. The molecule has 0 bridgehead atoms. The van der Waals surface area contributed by atoms with E-state index >= 15 is 0 Å². The van der Waals surface area contributed by atoms with Crippen LogP contribution in [-0.2, 0) is 5.88 Å². The second-order valence-electron chi connectivity index (χ2n) is 6.04. The molecule has 2 heterocycles. The minimum atomic E-state index is 0.431. The first-order valence-corrected chi connectivity index (χ1v) is 8.17. The molecule has 1 aliphatic rings. The average molecular weight is 287 g/mol. The molecule has 1 aliphatic heterocycles. The number of rotatable bonds is 3. The molecule has 0 aromatic carbocycles. The normalized spacial score (nSPS) is 22.7. The van der Waals surface area contributed by atoms with Gasteiger partial charge in [0.25, 0.3) is 0 Å². The summed E-state index contributed by atoms with van der Waals surface area (Å²) in [5.41, 5.74) is 1.51. The summed E-state index contributed by atoms with van der Waals surface area (Å²) in [6, 6.07) is 0.431. The van der Waals surface area contributed by atoms with E-state index in [9.17, 15) is 0 Å². The molecule has 0 amide bonds. The van der Waals surface area contributed by atoms with Gasteiger partial charge in [-0.1, -0.05) is 13.8 Å². The summed E-state index contributed by atoms with van der Waals surface area (Å²) in [5, 5.41) is 3.30. The zero-order valence-electron chi connectivity index (χ0n) is 11.6. The molecule has 0 radical (unpaired) electrons. The van der Waals surface area contributed by atoms with Crippen molar-refractivity contribution in [1.29, 1.82) is 0 Å². The third kappa shape index (κ3) is 3.46. The molecule has 4 heteroatoms. The Hall–Kier alpha value is -0.120. The molecule has 0 spiro atoms. The molecular formula is C14H23ClN2S. The van der Waals surface area contributed by atoms with Gasteiger partial charge in [0.05, 0.1) is 17.6 Å². The van der Waals surface area contributed by atoms with E-state index in [1.165, 1.54) is 37.4 Å². The Bertz CT molecular complexity index is 389. The minimum Gasteiger partial charge on any atom is -0.294 e. The van der Waals surface area contributed by atoms with Gasteiger partial charge >= 0.3 is 0 Å². The monoisotopic (exact) mass is 286 g/mol. The first-order chi connectivity index (χ1) is 8.52. The van der Waals surface area contributed by atoms with Crippen LogP contribution in [0.5, 0.6) is 0 Å². The summed E-state index contributed by atoms with van der Waals surface area (Å²) in [6.45, 7) is 9.42. The molecule has 1 aromatic rings. The number of aromatic nitrogens is 1. The van der Waals surface area contributed by atoms with Crippen molar-refractivity contribution in [2.24, 2.45) is 5.41 Å². The van der Waals surface area contributed by atoms with Gasteiger partial charge in [-0.2, -0.15) is 0 Å². The fourth-order valence-electron chi connectivity index (χ4n) is 2.56. The Kier molecular flexibility index (Phi) is 4.68. The first-order valence-electron chi connectivity index (χ1n) is 6.76. The molecule has 1 atom stereocenters. The number of likely N-dealkylation sites (tertiary alicyclic amines) is 1. The second kappa shape index (κ2) is 5.89. The quantitative estimate of drug-likeness (QED) is 0.763. The van der Waals surface area contributed by atoms with E-state index in [1.54, 1.807) is 11.3 Å². The number of alkyl halides is 1. The van der Waals surface area contributed by atoms with E-state index < -0.39 is 0 Å². The Morgan fingerprint density at radius 3 is 2.89 bits per heavy atom. The summed E-state index contributed by atoms with van der Waals surface area (Å²) in [5.74, 6) is 0.524.